The molecule has 0 amide bonds. The van der Waals surface area contributed by atoms with Gasteiger partial charge in [0.15, 0.2) is 5.79 Å². The monoisotopic (exact) mass is 511 g/mol. The fourth-order valence-electron chi connectivity index (χ4n) is 5.66. The minimum absolute atomic E-state index is 0.714. The quantitative estimate of drug-likeness (QED) is 0.274. The molecule has 2 aliphatic rings. The average molecular weight is 512 g/mol. The van der Waals surface area contributed by atoms with Gasteiger partial charge in [-0.15, -0.1) is 0 Å². The van der Waals surface area contributed by atoms with Gasteiger partial charge in [0.25, 0.3) is 0 Å². The number of fused-ring (bicyclic) bond motifs is 1. The summed E-state index contributed by atoms with van der Waals surface area (Å²) in [5.74, 6) is -0.964. The molecule has 6 heteroatoms. The molecule has 2 saturated heterocycles. The molecule has 2 atom stereocenters. The summed E-state index contributed by atoms with van der Waals surface area (Å²) in [7, 11) is -2.65. The summed E-state index contributed by atoms with van der Waals surface area (Å²) in [6.07, 6.45) is -1.43. The zero-order valence-electron chi connectivity index (χ0n) is 20.7. The van der Waals surface area contributed by atoms with Crippen molar-refractivity contribution in [1.29, 1.82) is 0 Å². The number of benzene rings is 4. The van der Waals surface area contributed by atoms with Gasteiger partial charge in [0, 0.05) is 4.57 Å². The van der Waals surface area contributed by atoms with E-state index in [1.807, 2.05) is 135 Å². The molecular weight excluding hydrogens is 483 g/mol. The second-order valence-corrected chi connectivity index (χ2v) is 10.6. The van der Waals surface area contributed by atoms with Crippen LogP contribution in [0.2, 0.25) is 0 Å². The molecule has 5 nitrogen and oxygen atoms in total. The molecule has 186 valence electrons. The zero-order valence-corrected chi connectivity index (χ0v) is 21.6. The number of hydrogen-bond donors (Lipinski definition) is 0. The molecule has 0 aromatic heterocycles. The molecule has 0 radical (unpaired) electrons. The first-order valence-corrected chi connectivity index (χ1v) is 13.5. The first-order chi connectivity index (χ1) is 18.0. The van der Waals surface area contributed by atoms with E-state index in [-0.39, 0.29) is 0 Å². The van der Waals surface area contributed by atoms with Crippen molar-refractivity contribution in [1.82, 2.24) is 0 Å². The second-order valence-electron chi connectivity index (χ2n) is 9.82. The third-order valence-electron chi connectivity index (χ3n) is 7.15. The van der Waals surface area contributed by atoms with Crippen molar-refractivity contribution >= 4 is 8.25 Å². The van der Waals surface area contributed by atoms with E-state index in [1.165, 1.54) is 0 Å². The lowest BCUT2D eigenvalue weighted by Crippen LogP contribution is -2.53. The highest BCUT2D eigenvalue weighted by atomic mass is 31.1. The third-order valence-corrected chi connectivity index (χ3v) is 8.02. The van der Waals surface area contributed by atoms with Crippen LogP contribution in [0.5, 0.6) is 0 Å². The number of ether oxygens (including phenoxy) is 2. The van der Waals surface area contributed by atoms with Gasteiger partial charge in [0.1, 0.15) is 12.2 Å². The van der Waals surface area contributed by atoms with Crippen LogP contribution in [0.1, 0.15) is 36.1 Å². The Morgan fingerprint density at radius 2 is 0.784 bits per heavy atom. The average Bonchev–Trinajstić information content (AvgIpc) is 3.23. The van der Waals surface area contributed by atoms with Crippen LogP contribution in [0.25, 0.3) is 0 Å². The van der Waals surface area contributed by atoms with Crippen LogP contribution in [0.15, 0.2) is 121 Å². The Bertz CT molecular complexity index is 1190. The maximum absolute atomic E-state index is 14.0. The van der Waals surface area contributed by atoms with E-state index >= 15 is 0 Å². The first kappa shape index (κ1) is 24.2. The first-order valence-electron chi connectivity index (χ1n) is 12.4. The van der Waals surface area contributed by atoms with Crippen molar-refractivity contribution in [3.63, 3.8) is 0 Å². The Morgan fingerprint density at radius 1 is 0.514 bits per heavy atom. The van der Waals surface area contributed by atoms with E-state index in [1.54, 1.807) is 0 Å². The molecule has 4 aromatic rings. The molecule has 37 heavy (non-hydrogen) atoms. The van der Waals surface area contributed by atoms with Crippen molar-refractivity contribution < 1.29 is 23.1 Å². The summed E-state index contributed by atoms with van der Waals surface area (Å²) >= 11 is 0. The Labute approximate surface area is 217 Å². The summed E-state index contributed by atoms with van der Waals surface area (Å²) in [5, 5.41) is 0. The molecule has 4 aromatic carbocycles. The molecule has 0 spiro atoms. The minimum Gasteiger partial charge on any atom is -0.340 e. The fraction of sp³-hybridized carbons (Fsp3) is 0.226. The third kappa shape index (κ3) is 3.95. The van der Waals surface area contributed by atoms with Crippen molar-refractivity contribution in [2.75, 3.05) is 0 Å². The Morgan fingerprint density at radius 3 is 1.05 bits per heavy atom. The molecule has 2 aliphatic heterocycles. The molecule has 0 aliphatic carbocycles. The van der Waals surface area contributed by atoms with Gasteiger partial charge in [-0.1, -0.05) is 130 Å². The van der Waals surface area contributed by atoms with Crippen LogP contribution in [0, 0.1) is 0 Å². The maximum Gasteiger partial charge on any atom is 0.700 e. The fourth-order valence-corrected chi connectivity index (χ4v) is 6.79. The molecular formula is C31H28O5P+. The Kier molecular flexibility index (Phi) is 6.07. The summed E-state index contributed by atoms with van der Waals surface area (Å²) in [4.78, 5) is 0. The van der Waals surface area contributed by atoms with E-state index in [2.05, 4.69) is 0 Å². The Hall–Kier alpha value is -3.18. The van der Waals surface area contributed by atoms with Crippen LogP contribution >= 0.6 is 8.25 Å². The molecule has 2 heterocycles. The molecule has 2 fully saturated rings. The minimum atomic E-state index is -2.65. The SMILES string of the molecule is CC1(C)OC2C(O1)C(c1ccccc1)(c1ccccc1)O[P+](=O)OC2(c1ccccc1)c1ccccc1. The van der Waals surface area contributed by atoms with Gasteiger partial charge in [0.2, 0.25) is 11.2 Å². The number of hydrogen-bond acceptors (Lipinski definition) is 5. The zero-order chi connectivity index (χ0) is 25.5. The molecule has 0 bridgehead atoms. The summed E-state index contributed by atoms with van der Waals surface area (Å²) < 4.78 is 40.6. The summed E-state index contributed by atoms with van der Waals surface area (Å²) in [5.41, 5.74) is 0.699. The largest absolute Gasteiger partial charge is 0.700 e. The van der Waals surface area contributed by atoms with Crippen LogP contribution in [-0.2, 0) is 34.3 Å². The van der Waals surface area contributed by atoms with Gasteiger partial charge in [-0.2, -0.15) is 0 Å². The van der Waals surface area contributed by atoms with Gasteiger partial charge in [-0.3, -0.25) is 0 Å². The van der Waals surface area contributed by atoms with Crippen molar-refractivity contribution in [2.24, 2.45) is 0 Å². The van der Waals surface area contributed by atoms with Gasteiger partial charge in [0.05, 0.1) is 0 Å². The van der Waals surface area contributed by atoms with Crippen molar-refractivity contribution in [3.05, 3.63) is 144 Å². The van der Waals surface area contributed by atoms with Crippen LogP contribution in [-0.4, -0.2) is 18.0 Å². The van der Waals surface area contributed by atoms with Crippen LogP contribution in [0.3, 0.4) is 0 Å². The van der Waals surface area contributed by atoms with E-state index < -0.39 is 37.5 Å². The van der Waals surface area contributed by atoms with Gasteiger partial charge in [-0.25, -0.2) is 0 Å². The van der Waals surface area contributed by atoms with Crippen LogP contribution in [0.4, 0.5) is 0 Å². The van der Waals surface area contributed by atoms with Gasteiger partial charge >= 0.3 is 8.25 Å². The van der Waals surface area contributed by atoms with E-state index in [4.69, 9.17) is 18.5 Å². The number of rotatable bonds is 4. The van der Waals surface area contributed by atoms with E-state index in [9.17, 15) is 4.57 Å². The second kappa shape index (κ2) is 9.29. The lowest BCUT2D eigenvalue weighted by atomic mass is 9.72. The van der Waals surface area contributed by atoms with Gasteiger partial charge < -0.3 is 9.47 Å². The lowest BCUT2D eigenvalue weighted by molar-refractivity contribution is -0.174. The van der Waals surface area contributed by atoms with E-state index in [0.29, 0.717) is 0 Å². The smallest absolute Gasteiger partial charge is 0.340 e. The lowest BCUT2D eigenvalue weighted by Gasteiger charge is -2.38. The standard InChI is InChI=1S/C31H28O5P/c1-29(2)33-27-28(34-29)31(25-19-11-5-12-20-25,26-21-13-6-14-22-26)36-37(32)35-30(27,23-15-7-3-8-16-23)24-17-9-4-10-18-24/h3-22,27-28H,1-2H3/q+1. The van der Waals surface area contributed by atoms with Crippen molar-refractivity contribution in [2.45, 2.75) is 43.0 Å². The summed E-state index contributed by atoms with van der Waals surface area (Å²) in [6.45, 7) is 3.78. The highest BCUT2D eigenvalue weighted by Crippen LogP contribution is 2.61. The maximum atomic E-state index is 14.0. The van der Waals surface area contributed by atoms with E-state index in [0.717, 1.165) is 22.3 Å². The summed E-state index contributed by atoms with van der Waals surface area (Å²) in [6, 6.07) is 39.1. The van der Waals surface area contributed by atoms with Crippen LogP contribution < -0.4 is 0 Å². The molecule has 2 unspecified atom stereocenters. The molecule has 0 saturated carbocycles. The predicted molar refractivity (Wildman–Crippen MR) is 141 cm³/mol. The van der Waals surface area contributed by atoms with Crippen molar-refractivity contribution in [3.8, 4) is 0 Å². The molecule has 6 rings (SSSR count). The normalized spacial score (nSPS) is 24.6. The Balaban J connectivity index is 1.69. The topological polar surface area (TPSA) is 54.0 Å². The van der Waals surface area contributed by atoms with Gasteiger partial charge in [-0.05, 0) is 36.1 Å². The predicted octanol–water partition coefficient (Wildman–Crippen LogP) is 7.10. The highest BCUT2D eigenvalue weighted by Gasteiger charge is 2.71. The molecule has 0 N–H and O–H groups in total. The highest BCUT2D eigenvalue weighted by molar-refractivity contribution is 7.33.